The van der Waals surface area contributed by atoms with Gasteiger partial charge in [0.15, 0.2) is 0 Å². The fourth-order valence-corrected chi connectivity index (χ4v) is 3.87. The highest BCUT2D eigenvalue weighted by molar-refractivity contribution is 7.98. The van der Waals surface area contributed by atoms with Crippen molar-refractivity contribution in [3.63, 3.8) is 0 Å². The Morgan fingerprint density at radius 3 is 2.58 bits per heavy atom. The number of rotatable bonds is 4. The average molecular weight is 372 g/mol. The Labute approximate surface area is 157 Å². The van der Waals surface area contributed by atoms with Gasteiger partial charge in [-0.25, -0.2) is 4.68 Å². The number of aromatic nitrogens is 2. The molecule has 0 unspecified atom stereocenters. The Kier molecular flexibility index (Phi) is 5.36. The maximum Gasteiger partial charge on any atom is 0.314 e. The molecule has 0 saturated heterocycles. The molecule has 2 amide bonds. The molecule has 2 aromatic rings. The summed E-state index contributed by atoms with van der Waals surface area (Å²) in [6, 6.07) is 9.85. The van der Waals surface area contributed by atoms with E-state index in [1.807, 2.05) is 55.8 Å². The summed E-state index contributed by atoms with van der Waals surface area (Å²) in [6.07, 6.45) is 0.686. The smallest absolute Gasteiger partial charge is 0.314 e. The number of benzene rings is 1. The molecule has 0 spiro atoms. The van der Waals surface area contributed by atoms with E-state index >= 15 is 0 Å². The number of hydrogen-bond acceptors (Lipinski definition) is 4. The Morgan fingerprint density at radius 2 is 1.88 bits per heavy atom. The zero-order chi connectivity index (χ0) is 18.7. The number of amides is 2. The average Bonchev–Trinajstić information content (AvgIpc) is 3.18. The van der Waals surface area contributed by atoms with E-state index in [9.17, 15) is 9.59 Å². The highest BCUT2D eigenvalue weighted by Crippen LogP contribution is 2.37. The van der Waals surface area contributed by atoms with Gasteiger partial charge in [-0.1, -0.05) is 30.3 Å². The fraction of sp³-hybridized carbons (Fsp3) is 0.421. The molecule has 6 nitrogen and oxygen atoms in total. The zero-order valence-corrected chi connectivity index (χ0v) is 16.2. The van der Waals surface area contributed by atoms with Gasteiger partial charge in [0.1, 0.15) is 5.82 Å². The van der Waals surface area contributed by atoms with E-state index in [0.717, 1.165) is 28.3 Å². The maximum absolute atomic E-state index is 12.4. The highest BCUT2D eigenvalue weighted by atomic mass is 32.2. The number of anilines is 1. The number of fused-ring (bicyclic) bond motifs is 1. The van der Waals surface area contributed by atoms with Crippen LogP contribution in [0.1, 0.15) is 37.6 Å². The monoisotopic (exact) mass is 372 g/mol. The first-order valence-corrected chi connectivity index (χ1v) is 9.84. The van der Waals surface area contributed by atoms with Gasteiger partial charge in [-0.15, -0.1) is 0 Å². The van der Waals surface area contributed by atoms with E-state index in [1.54, 1.807) is 11.8 Å². The van der Waals surface area contributed by atoms with Crippen LogP contribution in [-0.2, 0) is 33.1 Å². The molecule has 0 fully saturated rings. The minimum atomic E-state index is -0.650. The third-order valence-electron chi connectivity index (χ3n) is 4.17. The maximum atomic E-state index is 12.4. The number of hydrogen-bond donors (Lipinski definition) is 2. The van der Waals surface area contributed by atoms with Gasteiger partial charge in [0, 0.05) is 23.6 Å². The third-order valence-corrected chi connectivity index (χ3v) is 5.14. The van der Waals surface area contributed by atoms with Gasteiger partial charge < -0.3 is 10.6 Å². The van der Waals surface area contributed by atoms with Gasteiger partial charge >= 0.3 is 11.8 Å². The summed E-state index contributed by atoms with van der Waals surface area (Å²) in [4.78, 5) is 24.5. The van der Waals surface area contributed by atoms with Crippen LogP contribution in [-0.4, -0.2) is 28.1 Å². The van der Waals surface area contributed by atoms with Crippen molar-refractivity contribution < 1.29 is 9.59 Å². The first kappa shape index (κ1) is 18.5. The molecule has 1 aliphatic heterocycles. The lowest BCUT2D eigenvalue weighted by Gasteiger charge is -2.23. The van der Waals surface area contributed by atoms with Gasteiger partial charge in [-0.05, 0) is 32.8 Å². The molecule has 2 N–H and O–H groups in total. The van der Waals surface area contributed by atoms with Crippen LogP contribution in [0, 0.1) is 0 Å². The van der Waals surface area contributed by atoms with Crippen LogP contribution in [0.15, 0.2) is 30.3 Å². The zero-order valence-electron chi connectivity index (χ0n) is 15.3. The van der Waals surface area contributed by atoms with E-state index in [2.05, 4.69) is 15.7 Å². The summed E-state index contributed by atoms with van der Waals surface area (Å²) in [6.45, 7) is 6.50. The van der Waals surface area contributed by atoms with Gasteiger partial charge in [0.05, 0.1) is 11.2 Å². The van der Waals surface area contributed by atoms with Crippen LogP contribution in [0.4, 0.5) is 5.82 Å². The lowest BCUT2D eigenvalue weighted by molar-refractivity contribution is -0.136. The summed E-state index contributed by atoms with van der Waals surface area (Å²) in [5.41, 5.74) is 2.86. The molecule has 138 valence electrons. The van der Waals surface area contributed by atoms with Crippen molar-refractivity contribution in [3.8, 4) is 0 Å². The predicted molar refractivity (Wildman–Crippen MR) is 104 cm³/mol. The number of nitrogens with one attached hydrogen (secondary N) is 2. The predicted octanol–water partition coefficient (Wildman–Crippen LogP) is 2.68. The molecule has 1 aromatic heterocycles. The second-order valence-corrected chi connectivity index (χ2v) is 8.28. The van der Waals surface area contributed by atoms with Crippen molar-refractivity contribution in [2.75, 3.05) is 11.9 Å². The second kappa shape index (κ2) is 7.53. The van der Waals surface area contributed by atoms with Crippen LogP contribution in [0.25, 0.3) is 0 Å². The van der Waals surface area contributed by atoms with Gasteiger partial charge in [-0.3, -0.25) is 9.59 Å². The fourth-order valence-electron chi connectivity index (χ4n) is 2.84. The van der Waals surface area contributed by atoms with Crippen molar-refractivity contribution in [2.45, 2.75) is 44.2 Å². The van der Waals surface area contributed by atoms with Crippen LogP contribution in [0.5, 0.6) is 0 Å². The summed E-state index contributed by atoms with van der Waals surface area (Å²) in [5.74, 6) is 1.01. The molecule has 2 heterocycles. The van der Waals surface area contributed by atoms with Gasteiger partial charge in [0.25, 0.3) is 0 Å². The molecule has 7 heteroatoms. The highest BCUT2D eigenvalue weighted by Gasteiger charge is 2.29. The topological polar surface area (TPSA) is 76.0 Å². The van der Waals surface area contributed by atoms with E-state index in [1.165, 1.54) is 0 Å². The first-order chi connectivity index (χ1) is 12.4. The molecule has 0 radical (unpaired) electrons. The summed E-state index contributed by atoms with van der Waals surface area (Å²) in [7, 11) is 0. The Morgan fingerprint density at radius 1 is 1.15 bits per heavy atom. The Hall–Kier alpha value is -2.28. The molecular formula is C19H24N4O2S. The van der Waals surface area contributed by atoms with E-state index in [4.69, 9.17) is 0 Å². The van der Waals surface area contributed by atoms with E-state index in [-0.39, 0.29) is 5.54 Å². The third kappa shape index (κ3) is 4.09. The van der Waals surface area contributed by atoms with Crippen LogP contribution in [0.3, 0.4) is 0 Å². The molecule has 26 heavy (non-hydrogen) atoms. The van der Waals surface area contributed by atoms with E-state index in [0.29, 0.717) is 18.8 Å². The molecule has 0 bridgehead atoms. The molecule has 0 saturated carbocycles. The van der Waals surface area contributed by atoms with Crippen LogP contribution >= 0.6 is 11.8 Å². The Balaban J connectivity index is 1.63. The van der Waals surface area contributed by atoms with Gasteiger partial charge in [-0.2, -0.15) is 16.9 Å². The van der Waals surface area contributed by atoms with Crippen LogP contribution < -0.4 is 10.6 Å². The number of nitrogens with zero attached hydrogens (tertiary/aromatic N) is 2. The minimum Gasteiger partial charge on any atom is -0.347 e. The van der Waals surface area contributed by atoms with Crippen molar-refractivity contribution in [1.29, 1.82) is 0 Å². The van der Waals surface area contributed by atoms with Gasteiger partial charge in [0.2, 0.25) is 0 Å². The molecule has 3 rings (SSSR count). The second-order valence-electron chi connectivity index (χ2n) is 7.29. The summed E-state index contributed by atoms with van der Waals surface area (Å²) >= 11 is 1.76. The molecule has 0 atom stereocenters. The SMILES string of the molecule is CC(C)(C)n1nc2c(c1NC(=O)C(=O)NCCc1ccccc1)CSC2. The molecule has 0 aliphatic carbocycles. The summed E-state index contributed by atoms with van der Waals surface area (Å²) in [5, 5.41) is 10.1. The van der Waals surface area contributed by atoms with Crippen molar-refractivity contribution in [3.05, 3.63) is 47.2 Å². The lowest BCUT2D eigenvalue weighted by Crippen LogP contribution is -2.38. The van der Waals surface area contributed by atoms with E-state index < -0.39 is 11.8 Å². The normalized spacial score (nSPS) is 13.3. The quantitative estimate of drug-likeness (QED) is 0.809. The van der Waals surface area contributed by atoms with Crippen LogP contribution in [0.2, 0.25) is 0 Å². The molecule has 1 aromatic carbocycles. The number of carbonyl (C=O) groups excluding carboxylic acids is 2. The number of thioether (sulfide) groups is 1. The standard InChI is InChI=1S/C19H24N4O2S/c1-19(2,3)23-16(14-11-26-12-15(14)22-23)21-18(25)17(24)20-10-9-13-7-5-4-6-8-13/h4-8H,9-12H2,1-3H3,(H,20,24)(H,21,25). The molecule has 1 aliphatic rings. The number of carbonyl (C=O) groups is 2. The lowest BCUT2D eigenvalue weighted by atomic mass is 10.1. The first-order valence-electron chi connectivity index (χ1n) is 8.68. The minimum absolute atomic E-state index is 0.276. The van der Waals surface area contributed by atoms with Crippen molar-refractivity contribution in [1.82, 2.24) is 15.1 Å². The Bertz CT molecular complexity index is 809. The van der Waals surface area contributed by atoms with Crippen molar-refractivity contribution in [2.24, 2.45) is 0 Å². The van der Waals surface area contributed by atoms with Crippen molar-refractivity contribution >= 4 is 29.4 Å². The molecular weight excluding hydrogens is 348 g/mol. The summed E-state index contributed by atoms with van der Waals surface area (Å²) < 4.78 is 1.81. The largest absolute Gasteiger partial charge is 0.347 e.